The van der Waals surface area contributed by atoms with E-state index in [2.05, 4.69) is 51.6 Å². The number of ether oxygens (including phenoxy) is 1. The van der Waals surface area contributed by atoms with E-state index in [1.54, 1.807) is 24.1 Å². The molecule has 5 aromatic rings. The van der Waals surface area contributed by atoms with Crippen LogP contribution < -0.4 is 10.4 Å². The summed E-state index contributed by atoms with van der Waals surface area (Å²) in [4.78, 5) is 17.9. The molecule has 0 radical (unpaired) electrons. The fraction of sp³-hybridized carbons (Fsp3) is 0.250. The Labute approximate surface area is 214 Å². The lowest BCUT2D eigenvalue weighted by Crippen LogP contribution is -2.25. The molecule has 0 spiro atoms. The Bertz CT molecular complexity index is 1530. The Morgan fingerprint density at radius 2 is 1.86 bits per heavy atom. The lowest BCUT2D eigenvalue weighted by atomic mass is 10.00. The zero-order chi connectivity index (χ0) is 25.8. The third-order valence-corrected chi connectivity index (χ3v) is 6.51. The molecule has 0 atom stereocenters. The average molecular weight is 496 g/mol. The average Bonchev–Trinajstić information content (AvgIpc) is 3.58. The molecule has 0 fully saturated rings. The summed E-state index contributed by atoms with van der Waals surface area (Å²) in [5.74, 6) is 1.19. The quantitative estimate of drug-likeness (QED) is 0.324. The van der Waals surface area contributed by atoms with Crippen LogP contribution in [0.15, 0.2) is 71.9 Å². The molecule has 0 aliphatic rings. The fourth-order valence-electron chi connectivity index (χ4n) is 4.68. The highest BCUT2D eigenvalue weighted by molar-refractivity contribution is 5.79. The van der Waals surface area contributed by atoms with Gasteiger partial charge in [-0.15, -0.1) is 10.2 Å². The van der Waals surface area contributed by atoms with E-state index in [0.717, 1.165) is 58.5 Å². The van der Waals surface area contributed by atoms with Crippen molar-refractivity contribution in [3.8, 4) is 34.0 Å². The topological polar surface area (TPSA) is 104 Å². The normalized spacial score (nSPS) is 11.1. The lowest BCUT2D eigenvalue weighted by Gasteiger charge is -2.13. The Hall–Kier alpha value is -4.53. The Morgan fingerprint density at radius 1 is 1.03 bits per heavy atom. The van der Waals surface area contributed by atoms with Gasteiger partial charge in [0.05, 0.1) is 19.3 Å². The van der Waals surface area contributed by atoms with Gasteiger partial charge in [-0.25, -0.2) is 4.79 Å². The van der Waals surface area contributed by atoms with E-state index in [0.29, 0.717) is 18.1 Å². The van der Waals surface area contributed by atoms with E-state index in [1.165, 1.54) is 0 Å². The molecule has 0 saturated heterocycles. The van der Waals surface area contributed by atoms with Gasteiger partial charge in [-0.05, 0) is 52.4 Å². The van der Waals surface area contributed by atoms with Crippen molar-refractivity contribution >= 4 is 0 Å². The molecule has 9 heteroatoms. The molecule has 0 aliphatic heterocycles. The molecule has 3 aromatic heterocycles. The molecule has 37 heavy (non-hydrogen) atoms. The summed E-state index contributed by atoms with van der Waals surface area (Å²) in [7, 11) is 1.64. The van der Waals surface area contributed by atoms with Crippen LogP contribution in [-0.2, 0) is 19.4 Å². The molecular weight excluding hydrogens is 466 g/mol. The molecule has 0 bridgehead atoms. The van der Waals surface area contributed by atoms with Gasteiger partial charge >= 0.3 is 5.69 Å². The molecule has 3 heterocycles. The molecular formula is C28H29N7O2. The second-order valence-electron chi connectivity index (χ2n) is 8.78. The van der Waals surface area contributed by atoms with Gasteiger partial charge in [-0.1, -0.05) is 56.7 Å². The summed E-state index contributed by atoms with van der Waals surface area (Å²) in [5, 5.41) is 14.4. The predicted octanol–water partition coefficient (Wildman–Crippen LogP) is 4.45. The molecule has 5 rings (SSSR count). The van der Waals surface area contributed by atoms with Crippen LogP contribution in [0.4, 0.5) is 0 Å². The van der Waals surface area contributed by atoms with Crippen molar-refractivity contribution in [2.24, 2.45) is 0 Å². The third-order valence-electron chi connectivity index (χ3n) is 6.51. The summed E-state index contributed by atoms with van der Waals surface area (Å²) in [6.45, 7) is 4.69. The van der Waals surface area contributed by atoms with Gasteiger partial charge in [0.15, 0.2) is 0 Å². The molecule has 1 N–H and O–H groups in total. The summed E-state index contributed by atoms with van der Waals surface area (Å²) >= 11 is 0. The summed E-state index contributed by atoms with van der Waals surface area (Å²) in [6.07, 6.45) is 7.99. The number of benzene rings is 2. The van der Waals surface area contributed by atoms with Gasteiger partial charge in [0, 0.05) is 29.8 Å². The number of tetrazole rings is 1. The number of imidazole rings is 1. The SMILES string of the molecule is CCCc1cn(-c2c(CC)cccc2OC)c(=O)n1Cc1ccc(-c2ccncc2-c2nn[nH]n2)cc1. The summed E-state index contributed by atoms with van der Waals surface area (Å²) < 4.78 is 9.23. The number of para-hydroxylation sites is 1. The van der Waals surface area contributed by atoms with Crippen molar-refractivity contribution in [3.63, 3.8) is 0 Å². The van der Waals surface area contributed by atoms with Gasteiger partial charge < -0.3 is 4.74 Å². The number of pyridine rings is 1. The van der Waals surface area contributed by atoms with E-state index in [9.17, 15) is 4.79 Å². The van der Waals surface area contributed by atoms with E-state index in [4.69, 9.17) is 4.74 Å². The van der Waals surface area contributed by atoms with E-state index in [1.807, 2.05) is 47.2 Å². The lowest BCUT2D eigenvalue weighted by molar-refractivity contribution is 0.412. The van der Waals surface area contributed by atoms with Crippen molar-refractivity contribution < 1.29 is 4.74 Å². The highest BCUT2D eigenvalue weighted by Gasteiger charge is 2.18. The van der Waals surface area contributed by atoms with E-state index < -0.39 is 0 Å². The number of aromatic amines is 1. The second-order valence-corrected chi connectivity index (χ2v) is 8.78. The number of H-pyrrole nitrogens is 1. The van der Waals surface area contributed by atoms with Crippen LogP contribution in [0, 0.1) is 0 Å². The molecule has 0 aliphatic carbocycles. The van der Waals surface area contributed by atoms with Crippen molar-refractivity contribution in [2.75, 3.05) is 7.11 Å². The number of hydrogen-bond donors (Lipinski definition) is 1. The minimum Gasteiger partial charge on any atom is -0.495 e. The van der Waals surface area contributed by atoms with Crippen LogP contribution in [0.3, 0.4) is 0 Å². The standard InChI is InChI=1S/C28H29N7O2/c1-4-7-22-18-35(26-20(5-2)8-6-9-25(26)37-3)28(36)34(22)17-19-10-12-21(13-11-19)23-14-15-29-16-24(23)27-30-32-33-31-27/h6,8-16,18H,4-5,7,17H2,1-3H3,(H,30,31,32,33). The highest BCUT2D eigenvalue weighted by atomic mass is 16.5. The molecule has 0 unspecified atom stereocenters. The Balaban J connectivity index is 1.51. The second kappa shape index (κ2) is 10.6. The minimum atomic E-state index is -0.0692. The molecule has 0 amide bonds. The minimum absolute atomic E-state index is 0.0692. The maximum Gasteiger partial charge on any atom is 0.333 e. The maximum atomic E-state index is 13.7. The molecule has 0 saturated carbocycles. The van der Waals surface area contributed by atoms with Crippen molar-refractivity contribution in [3.05, 3.63) is 94.4 Å². The number of aryl methyl sites for hydroxylation is 2. The molecule has 9 nitrogen and oxygen atoms in total. The number of methoxy groups -OCH3 is 1. The first-order chi connectivity index (χ1) is 18.1. The van der Waals surface area contributed by atoms with Crippen LogP contribution >= 0.6 is 0 Å². The fourth-order valence-corrected chi connectivity index (χ4v) is 4.68. The number of aromatic nitrogens is 7. The Kier molecular flexibility index (Phi) is 6.93. The number of nitrogens with zero attached hydrogens (tertiary/aromatic N) is 6. The maximum absolute atomic E-state index is 13.7. The van der Waals surface area contributed by atoms with Gasteiger partial charge in [0.25, 0.3) is 0 Å². The van der Waals surface area contributed by atoms with Crippen molar-refractivity contribution in [1.82, 2.24) is 34.7 Å². The van der Waals surface area contributed by atoms with Gasteiger partial charge in [0.1, 0.15) is 5.75 Å². The zero-order valence-electron chi connectivity index (χ0n) is 21.2. The van der Waals surface area contributed by atoms with Crippen molar-refractivity contribution in [2.45, 2.75) is 39.7 Å². The summed E-state index contributed by atoms with van der Waals surface area (Å²) in [6, 6.07) is 16.0. The monoisotopic (exact) mass is 495 g/mol. The number of hydrogen-bond acceptors (Lipinski definition) is 6. The van der Waals surface area contributed by atoms with Gasteiger partial charge in [-0.3, -0.25) is 14.1 Å². The van der Waals surface area contributed by atoms with Crippen LogP contribution in [-0.4, -0.2) is 41.9 Å². The van der Waals surface area contributed by atoms with Crippen LogP contribution in [0.25, 0.3) is 28.2 Å². The third kappa shape index (κ3) is 4.67. The van der Waals surface area contributed by atoms with E-state index >= 15 is 0 Å². The van der Waals surface area contributed by atoms with Crippen molar-refractivity contribution in [1.29, 1.82) is 0 Å². The largest absolute Gasteiger partial charge is 0.495 e. The smallest absolute Gasteiger partial charge is 0.333 e. The van der Waals surface area contributed by atoms with Crippen LogP contribution in [0.5, 0.6) is 5.75 Å². The highest BCUT2D eigenvalue weighted by Crippen LogP contribution is 2.30. The first-order valence-corrected chi connectivity index (χ1v) is 12.4. The van der Waals surface area contributed by atoms with Crippen LogP contribution in [0.1, 0.15) is 37.1 Å². The molecule has 188 valence electrons. The van der Waals surface area contributed by atoms with E-state index in [-0.39, 0.29) is 5.69 Å². The zero-order valence-corrected chi connectivity index (χ0v) is 21.2. The Morgan fingerprint density at radius 3 is 2.57 bits per heavy atom. The van der Waals surface area contributed by atoms with Crippen LogP contribution in [0.2, 0.25) is 0 Å². The van der Waals surface area contributed by atoms with Gasteiger partial charge in [0.2, 0.25) is 5.82 Å². The summed E-state index contributed by atoms with van der Waals surface area (Å²) in [5.41, 5.74) is 6.61. The van der Waals surface area contributed by atoms with Gasteiger partial charge in [-0.2, -0.15) is 5.21 Å². The first-order valence-electron chi connectivity index (χ1n) is 12.4. The number of rotatable bonds is 9. The number of nitrogens with one attached hydrogen (secondary N) is 1. The first kappa shape index (κ1) is 24.2. The molecule has 2 aromatic carbocycles. The predicted molar refractivity (Wildman–Crippen MR) is 142 cm³/mol.